The van der Waals surface area contributed by atoms with Gasteiger partial charge in [-0.15, -0.1) is 11.3 Å². The molecule has 0 saturated carbocycles. The summed E-state index contributed by atoms with van der Waals surface area (Å²) in [5.41, 5.74) is 10.9. The highest BCUT2D eigenvalue weighted by Gasteiger charge is 2.15. The van der Waals surface area contributed by atoms with Crippen molar-refractivity contribution in [3.63, 3.8) is 0 Å². The van der Waals surface area contributed by atoms with E-state index in [4.69, 9.17) is 18.0 Å². The molecular weight excluding hydrogens is 302 g/mol. The van der Waals surface area contributed by atoms with E-state index < -0.39 is 0 Å². The molecule has 110 valence electrons. The molecule has 2 rings (SSSR count). The lowest BCUT2D eigenvalue weighted by Gasteiger charge is -2.23. The van der Waals surface area contributed by atoms with Crippen molar-refractivity contribution in [2.45, 2.75) is 20.3 Å². The second kappa shape index (κ2) is 6.69. The van der Waals surface area contributed by atoms with Crippen molar-refractivity contribution in [2.24, 2.45) is 5.73 Å². The van der Waals surface area contributed by atoms with Crippen molar-refractivity contribution < 1.29 is 4.79 Å². The smallest absolute Gasteiger partial charge is 0.271 e. The minimum Gasteiger partial charge on any atom is -0.374 e. The number of nitrogens with two attached hydrogens (primary N) is 1. The molecular formula is C15H17N3OS2. The molecule has 0 saturated heterocycles. The van der Waals surface area contributed by atoms with Crippen LogP contribution in [0.2, 0.25) is 0 Å². The van der Waals surface area contributed by atoms with Gasteiger partial charge in [0.05, 0.1) is 11.3 Å². The lowest BCUT2D eigenvalue weighted by Crippen LogP contribution is -2.49. The minimum absolute atomic E-state index is 0.0971. The molecule has 21 heavy (non-hydrogen) atoms. The zero-order chi connectivity index (χ0) is 15.4. The number of rotatable bonds is 3. The minimum atomic E-state index is -0.222. The summed E-state index contributed by atoms with van der Waals surface area (Å²) in [6.45, 7) is 4.02. The van der Waals surface area contributed by atoms with Crippen molar-refractivity contribution in [3.05, 3.63) is 51.7 Å². The lowest BCUT2D eigenvalue weighted by molar-refractivity contribution is 0.0955. The second-order valence-corrected chi connectivity index (χ2v) is 6.02. The monoisotopic (exact) mass is 319 g/mol. The van der Waals surface area contributed by atoms with Gasteiger partial charge in [-0.2, -0.15) is 0 Å². The third kappa shape index (κ3) is 3.80. The van der Waals surface area contributed by atoms with Gasteiger partial charge in [0.15, 0.2) is 5.11 Å². The van der Waals surface area contributed by atoms with Crippen LogP contribution in [0.15, 0.2) is 35.7 Å². The van der Waals surface area contributed by atoms with E-state index in [-0.39, 0.29) is 11.0 Å². The van der Waals surface area contributed by atoms with Crippen LogP contribution in [0.5, 0.6) is 0 Å². The number of thiophene rings is 1. The summed E-state index contributed by atoms with van der Waals surface area (Å²) in [4.78, 5) is 13.5. The first-order valence-corrected chi connectivity index (χ1v) is 7.84. The fraction of sp³-hybridized carbons (Fsp3) is 0.200. The van der Waals surface area contributed by atoms with E-state index in [0.717, 1.165) is 22.5 Å². The summed E-state index contributed by atoms with van der Waals surface area (Å²) in [5, 5.41) is 3.36. The van der Waals surface area contributed by atoms with Crippen LogP contribution in [0.3, 0.4) is 0 Å². The number of carbonyl (C=O) groups is 1. The van der Waals surface area contributed by atoms with E-state index in [1.165, 1.54) is 5.01 Å². The maximum atomic E-state index is 12.3. The Hall–Kier alpha value is -1.92. The van der Waals surface area contributed by atoms with Gasteiger partial charge >= 0.3 is 0 Å². The summed E-state index contributed by atoms with van der Waals surface area (Å²) in [5.74, 6) is -0.222. The van der Waals surface area contributed by atoms with Crippen molar-refractivity contribution >= 4 is 40.3 Å². The molecule has 6 heteroatoms. The Morgan fingerprint density at radius 2 is 2.19 bits per heavy atom. The Labute approximate surface area is 133 Å². The number of hydrazine groups is 1. The topological polar surface area (TPSA) is 58.4 Å². The Bertz CT molecular complexity index is 666. The number of nitrogens with one attached hydrogen (secondary N) is 1. The summed E-state index contributed by atoms with van der Waals surface area (Å²) < 4.78 is 0. The first kappa shape index (κ1) is 15.5. The summed E-state index contributed by atoms with van der Waals surface area (Å²) in [6, 6.07) is 9.49. The molecule has 0 aliphatic carbocycles. The van der Waals surface area contributed by atoms with Gasteiger partial charge in [-0.25, -0.2) is 5.01 Å². The molecule has 0 spiro atoms. The zero-order valence-electron chi connectivity index (χ0n) is 11.9. The average Bonchev–Trinajstić information content (AvgIpc) is 2.93. The highest BCUT2D eigenvalue weighted by molar-refractivity contribution is 7.80. The van der Waals surface area contributed by atoms with Gasteiger partial charge < -0.3 is 5.73 Å². The third-order valence-electron chi connectivity index (χ3n) is 2.96. The van der Waals surface area contributed by atoms with Crippen LogP contribution in [0.1, 0.15) is 27.7 Å². The molecule has 1 aromatic carbocycles. The number of nitrogens with zero attached hydrogens (tertiary/aromatic N) is 1. The molecule has 1 amide bonds. The maximum absolute atomic E-state index is 12.3. The standard InChI is InChI=1S/C15H17N3OS2/c1-3-13-8-11(9-21-13)14(19)17-18(15(16)20)12-6-4-5-10(2)7-12/h4-9H,3H2,1-2H3,(H2,16,20)(H,17,19). The second-order valence-electron chi connectivity index (χ2n) is 4.61. The number of aryl methyl sites for hydroxylation is 2. The van der Waals surface area contributed by atoms with Gasteiger partial charge in [-0.1, -0.05) is 19.1 Å². The molecule has 0 unspecified atom stereocenters. The van der Waals surface area contributed by atoms with Crippen LogP contribution in [-0.2, 0) is 6.42 Å². The quantitative estimate of drug-likeness (QED) is 0.674. The van der Waals surface area contributed by atoms with Gasteiger partial charge in [0, 0.05) is 10.3 Å². The van der Waals surface area contributed by atoms with Crippen molar-refractivity contribution in [1.82, 2.24) is 5.43 Å². The van der Waals surface area contributed by atoms with E-state index >= 15 is 0 Å². The van der Waals surface area contributed by atoms with Gasteiger partial charge in [-0.3, -0.25) is 10.2 Å². The lowest BCUT2D eigenvalue weighted by atomic mass is 10.2. The Morgan fingerprint density at radius 1 is 1.43 bits per heavy atom. The Balaban J connectivity index is 2.20. The highest BCUT2D eigenvalue weighted by atomic mass is 32.1. The van der Waals surface area contributed by atoms with Crippen molar-refractivity contribution in [1.29, 1.82) is 0 Å². The molecule has 2 aromatic rings. The van der Waals surface area contributed by atoms with E-state index in [0.29, 0.717) is 5.56 Å². The molecule has 0 atom stereocenters. The summed E-state index contributed by atoms with van der Waals surface area (Å²) >= 11 is 6.60. The van der Waals surface area contributed by atoms with Crippen LogP contribution in [0.4, 0.5) is 5.69 Å². The van der Waals surface area contributed by atoms with E-state index in [1.807, 2.05) is 42.6 Å². The van der Waals surface area contributed by atoms with E-state index in [1.54, 1.807) is 11.3 Å². The average molecular weight is 319 g/mol. The van der Waals surface area contributed by atoms with Crippen LogP contribution in [0.25, 0.3) is 0 Å². The van der Waals surface area contributed by atoms with E-state index in [9.17, 15) is 4.79 Å². The van der Waals surface area contributed by atoms with Crippen molar-refractivity contribution in [2.75, 3.05) is 5.01 Å². The number of anilines is 1. The number of hydrogen-bond acceptors (Lipinski definition) is 3. The van der Waals surface area contributed by atoms with Gasteiger partial charge in [-0.05, 0) is 49.3 Å². The molecule has 0 fully saturated rings. The molecule has 0 radical (unpaired) electrons. The predicted octanol–water partition coefficient (Wildman–Crippen LogP) is 3.01. The fourth-order valence-electron chi connectivity index (χ4n) is 1.87. The zero-order valence-corrected chi connectivity index (χ0v) is 13.6. The number of thiocarbonyl (C=S) groups is 1. The largest absolute Gasteiger partial charge is 0.374 e. The fourth-order valence-corrected chi connectivity index (χ4v) is 2.83. The van der Waals surface area contributed by atoms with Crippen LogP contribution >= 0.6 is 23.6 Å². The third-order valence-corrected chi connectivity index (χ3v) is 4.22. The first-order chi connectivity index (χ1) is 10.0. The first-order valence-electron chi connectivity index (χ1n) is 6.56. The summed E-state index contributed by atoms with van der Waals surface area (Å²) in [6.07, 6.45) is 0.912. The molecule has 0 bridgehead atoms. The van der Waals surface area contributed by atoms with Gasteiger partial charge in [0.2, 0.25) is 0 Å². The molecule has 0 aliphatic rings. The predicted molar refractivity (Wildman–Crippen MR) is 91.6 cm³/mol. The van der Waals surface area contributed by atoms with Crippen LogP contribution in [-0.4, -0.2) is 11.0 Å². The number of carbonyl (C=O) groups excluding carboxylic acids is 1. The number of hydrogen-bond donors (Lipinski definition) is 2. The molecule has 3 N–H and O–H groups in total. The Morgan fingerprint density at radius 3 is 2.76 bits per heavy atom. The SMILES string of the molecule is CCc1cc(C(=O)NN(C(N)=S)c2cccc(C)c2)cs1. The normalized spacial score (nSPS) is 10.2. The molecule has 4 nitrogen and oxygen atoms in total. The summed E-state index contributed by atoms with van der Waals surface area (Å²) in [7, 11) is 0. The van der Waals surface area contributed by atoms with E-state index in [2.05, 4.69) is 12.3 Å². The molecule has 1 heterocycles. The molecule has 0 aliphatic heterocycles. The van der Waals surface area contributed by atoms with Crippen LogP contribution in [0, 0.1) is 6.92 Å². The maximum Gasteiger partial charge on any atom is 0.271 e. The highest BCUT2D eigenvalue weighted by Crippen LogP contribution is 2.17. The van der Waals surface area contributed by atoms with Gasteiger partial charge in [0.1, 0.15) is 0 Å². The van der Waals surface area contributed by atoms with Crippen molar-refractivity contribution in [3.8, 4) is 0 Å². The number of benzene rings is 1. The number of amides is 1. The molecule has 1 aromatic heterocycles. The van der Waals surface area contributed by atoms with Crippen LogP contribution < -0.4 is 16.2 Å². The Kier molecular flexibility index (Phi) is 4.93. The van der Waals surface area contributed by atoms with Gasteiger partial charge in [0.25, 0.3) is 5.91 Å².